The fraction of sp³-hybridized carbons (Fsp3) is 0.162. The van der Waals surface area contributed by atoms with Gasteiger partial charge in [0.15, 0.2) is 23.0 Å². The van der Waals surface area contributed by atoms with Gasteiger partial charge >= 0.3 is 5.97 Å². The Kier molecular flexibility index (Phi) is 11.7. The van der Waals surface area contributed by atoms with E-state index < -0.39 is 11.5 Å². The molecule has 0 saturated carbocycles. The quantitative estimate of drug-likeness (QED) is 0.116. The van der Waals surface area contributed by atoms with Gasteiger partial charge in [-0.05, 0) is 66.2 Å². The van der Waals surface area contributed by atoms with Crippen LogP contribution in [0.15, 0.2) is 89.7 Å². The molecule has 4 aromatic carbocycles. The van der Waals surface area contributed by atoms with Gasteiger partial charge in [0, 0.05) is 27.7 Å². The molecule has 0 atom stereocenters. The van der Waals surface area contributed by atoms with Gasteiger partial charge in [-0.2, -0.15) is 0 Å². The number of benzene rings is 4. The number of fused-ring (bicyclic) bond motifs is 2. The zero-order valence-electron chi connectivity index (χ0n) is 27.8. The van der Waals surface area contributed by atoms with Crippen LogP contribution in [0.2, 0.25) is 0 Å². The Morgan fingerprint density at radius 2 is 1.38 bits per heavy atom. The fourth-order valence-corrected chi connectivity index (χ4v) is 5.70. The molecule has 6 rings (SSSR count). The molecule has 0 aliphatic carbocycles. The van der Waals surface area contributed by atoms with Crippen LogP contribution in [0.25, 0.3) is 38.5 Å². The molecule has 2 N–H and O–H groups in total. The van der Waals surface area contributed by atoms with Crippen molar-refractivity contribution in [2.75, 3.05) is 41.3 Å². The minimum Gasteiger partial charge on any atom is -0.493 e. The molecule has 0 spiro atoms. The van der Waals surface area contributed by atoms with Crippen molar-refractivity contribution in [2.45, 2.75) is 6.61 Å². The first kappa shape index (κ1) is 37.2. The average molecular weight is 721 g/mol. The molecular formula is C37H35Cl2N3O8. The van der Waals surface area contributed by atoms with E-state index in [0.29, 0.717) is 62.3 Å². The molecule has 0 fully saturated rings. The molecule has 2 aromatic heterocycles. The number of nitrogen functional groups attached to an aromatic ring is 1. The third-order valence-electron chi connectivity index (χ3n) is 7.98. The maximum absolute atomic E-state index is 14.5. The van der Waals surface area contributed by atoms with E-state index in [1.807, 2.05) is 36.4 Å². The molecule has 0 saturated heterocycles. The first-order valence-electron chi connectivity index (χ1n) is 14.8. The zero-order chi connectivity index (χ0) is 33.9. The van der Waals surface area contributed by atoms with Crippen LogP contribution in [0.1, 0.15) is 16.2 Å². The second kappa shape index (κ2) is 15.7. The van der Waals surface area contributed by atoms with E-state index in [1.165, 1.54) is 40.1 Å². The van der Waals surface area contributed by atoms with E-state index >= 15 is 0 Å². The van der Waals surface area contributed by atoms with E-state index in [0.717, 1.165) is 10.9 Å². The fourth-order valence-electron chi connectivity index (χ4n) is 5.70. The predicted molar refractivity (Wildman–Crippen MR) is 198 cm³/mol. The van der Waals surface area contributed by atoms with Crippen molar-refractivity contribution in [3.8, 4) is 45.6 Å². The number of nitrogens with two attached hydrogens (primary N) is 1. The minimum absolute atomic E-state index is 0. The summed E-state index contributed by atoms with van der Waals surface area (Å²) >= 11 is 0. The Bertz CT molecular complexity index is 2220. The highest BCUT2D eigenvalue weighted by atomic mass is 35.5. The van der Waals surface area contributed by atoms with Crippen LogP contribution >= 0.6 is 24.8 Å². The molecule has 50 heavy (non-hydrogen) atoms. The van der Waals surface area contributed by atoms with Crippen LogP contribution < -0.4 is 35.0 Å². The summed E-state index contributed by atoms with van der Waals surface area (Å²) in [5.41, 5.74) is 8.68. The van der Waals surface area contributed by atoms with Gasteiger partial charge in [0.25, 0.3) is 5.56 Å². The molecule has 0 amide bonds. The van der Waals surface area contributed by atoms with Crippen molar-refractivity contribution in [2.24, 2.45) is 0 Å². The van der Waals surface area contributed by atoms with Gasteiger partial charge < -0.3 is 34.2 Å². The van der Waals surface area contributed by atoms with Gasteiger partial charge in [0.05, 0.1) is 52.1 Å². The van der Waals surface area contributed by atoms with Crippen LogP contribution in [0, 0.1) is 0 Å². The average Bonchev–Trinajstić information content (AvgIpc) is 3.12. The summed E-state index contributed by atoms with van der Waals surface area (Å²) < 4.78 is 35.4. The van der Waals surface area contributed by atoms with Crippen molar-refractivity contribution < 1.29 is 33.2 Å². The lowest BCUT2D eigenvalue weighted by molar-refractivity contribution is 0.0591. The minimum atomic E-state index is -0.753. The Hall–Kier alpha value is -5.65. The first-order valence-corrected chi connectivity index (χ1v) is 14.8. The highest BCUT2D eigenvalue weighted by Crippen LogP contribution is 2.45. The largest absolute Gasteiger partial charge is 0.493 e. The van der Waals surface area contributed by atoms with Crippen LogP contribution in [-0.4, -0.2) is 51.1 Å². The topological polar surface area (TPSA) is 133 Å². The van der Waals surface area contributed by atoms with Gasteiger partial charge in [-0.3, -0.25) is 9.36 Å². The standard InChI is InChI=1S/C37H33N3O8.2ClH/c1-43-29-18-26-27(19-30(29)48-20-24-13-10-21-8-6-7-9-28(21)39-24)36(41)40(25-14-11-23(38)12-15-25)34(37(42)47-5)33(26)22-16-31(44-2)35(46-4)32(17-22)45-3;;/h6-19H,20,38H2,1-5H3;2*1H. The second-order valence-corrected chi connectivity index (χ2v) is 10.7. The number of carbonyl (C=O) groups excluding carboxylic acids is 1. The van der Waals surface area contributed by atoms with E-state index in [9.17, 15) is 9.59 Å². The number of methoxy groups -OCH3 is 5. The summed E-state index contributed by atoms with van der Waals surface area (Å²) in [6.07, 6.45) is 0. The lowest BCUT2D eigenvalue weighted by Crippen LogP contribution is -2.27. The highest BCUT2D eigenvalue weighted by molar-refractivity contribution is 6.08. The van der Waals surface area contributed by atoms with Gasteiger partial charge in [0.1, 0.15) is 12.3 Å². The van der Waals surface area contributed by atoms with Crippen molar-refractivity contribution in [1.29, 1.82) is 0 Å². The summed E-state index contributed by atoms with van der Waals surface area (Å²) in [5, 5.41) is 1.65. The molecule has 0 bridgehead atoms. The number of anilines is 1. The number of halogens is 2. The molecule has 11 nitrogen and oxygen atoms in total. The molecule has 260 valence electrons. The van der Waals surface area contributed by atoms with Crippen LogP contribution in [-0.2, 0) is 11.3 Å². The van der Waals surface area contributed by atoms with E-state index in [1.54, 1.807) is 48.5 Å². The van der Waals surface area contributed by atoms with Gasteiger partial charge in [-0.1, -0.05) is 24.3 Å². The van der Waals surface area contributed by atoms with E-state index in [4.69, 9.17) is 39.1 Å². The Labute approximate surface area is 300 Å². The summed E-state index contributed by atoms with van der Waals surface area (Å²) in [6, 6.07) is 24.9. The van der Waals surface area contributed by atoms with Crippen molar-refractivity contribution in [3.63, 3.8) is 0 Å². The smallest absolute Gasteiger partial charge is 0.355 e. The number of pyridine rings is 2. The molecule has 0 aliphatic rings. The lowest BCUT2D eigenvalue weighted by atomic mass is 9.95. The van der Waals surface area contributed by atoms with Crippen LogP contribution in [0.4, 0.5) is 5.69 Å². The molecule has 2 heterocycles. The maximum atomic E-state index is 14.5. The normalized spacial score (nSPS) is 10.5. The Morgan fingerprint density at radius 3 is 2.00 bits per heavy atom. The zero-order valence-corrected chi connectivity index (χ0v) is 29.5. The molecule has 0 unspecified atom stereocenters. The molecule has 0 aliphatic heterocycles. The number of aromatic nitrogens is 2. The van der Waals surface area contributed by atoms with Crippen LogP contribution in [0.3, 0.4) is 0 Å². The lowest BCUT2D eigenvalue weighted by Gasteiger charge is -2.21. The van der Waals surface area contributed by atoms with E-state index in [2.05, 4.69) is 0 Å². The van der Waals surface area contributed by atoms with E-state index in [-0.39, 0.29) is 42.5 Å². The summed E-state index contributed by atoms with van der Waals surface area (Å²) in [6.45, 7) is 0.110. The van der Waals surface area contributed by atoms with Crippen molar-refractivity contribution in [1.82, 2.24) is 9.55 Å². The summed E-state index contributed by atoms with van der Waals surface area (Å²) in [5.74, 6) is 0.929. The third-order valence-corrected chi connectivity index (χ3v) is 7.98. The number of hydrogen-bond donors (Lipinski definition) is 1. The van der Waals surface area contributed by atoms with Gasteiger partial charge in [0.2, 0.25) is 5.75 Å². The SMILES string of the molecule is COC(=O)c1c(-c2cc(OC)c(OC)c(OC)c2)c2cc(OC)c(OCc3ccc4ccccc4n3)cc2c(=O)n1-c1ccc(N)cc1.Cl.Cl. The number of carbonyl (C=O) groups is 1. The van der Waals surface area contributed by atoms with Gasteiger partial charge in [-0.25, -0.2) is 9.78 Å². The summed E-state index contributed by atoms with van der Waals surface area (Å²) in [7, 11) is 7.23. The summed E-state index contributed by atoms with van der Waals surface area (Å²) in [4.78, 5) is 32.9. The maximum Gasteiger partial charge on any atom is 0.355 e. The molecule has 13 heteroatoms. The molecule has 6 aromatic rings. The number of rotatable bonds is 10. The molecular weight excluding hydrogens is 685 g/mol. The number of hydrogen-bond acceptors (Lipinski definition) is 10. The van der Waals surface area contributed by atoms with Gasteiger partial charge in [-0.15, -0.1) is 24.8 Å². The Balaban J connectivity index is 0.00000281. The third kappa shape index (κ3) is 6.78. The van der Waals surface area contributed by atoms with Crippen molar-refractivity contribution >= 4 is 58.1 Å². The second-order valence-electron chi connectivity index (χ2n) is 10.7. The number of nitrogens with zero attached hydrogens (tertiary/aromatic N) is 2. The molecule has 0 radical (unpaired) electrons. The van der Waals surface area contributed by atoms with Crippen molar-refractivity contribution in [3.05, 3.63) is 107 Å². The number of esters is 1. The highest BCUT2D eigenvalue weighted by Gasteiger charge is 2.28. The monoisotopic (exact) mass is 719 g/mol. The predicted octanol–water partition coefficient (Wildman–Crippen LogP) is 7.03. The van der Waals surface area contributed by atoms with Crippen LogP contribution in [0.5, 0.6) is 28.7 Å². The number of para-hydroxylation sites is 1. The Morgan fingerprint density at radius 1 is 0.740 bits per heavy atom. The number of ether oxygens (including phenoxy) is 6. The first-order chi connectivity index (χ1) is 23.3.